The smallest absolute Gasteiger partial charge is 0.255 e. The summed E-state index contributed by atoms with van der Waals surface area (Å²) in [5, 5.41) is 2.79. The quantitative estimate of drug-likeness (QED) is 0.692. The van der Waals surface area contributed by atoms with E-state index in [1.807, 2.05) is 12.1 Å². The van der Waals surface area contributed by atoms with Crippen LogP contribution in [0.25, 0.3) is 0 Å². The van der Waals surface area contributed by atoms with Crippen molar-refractivity contribution in [2.75, 3.05) is 41.6 Å². The molecule has 0 spiro atoms. The molecule has 2 aromatic carbocycles. The molecule has 2 aromatic rings. The Balaban J connectivity index is 1.95. The Labute approximate surface area is 152 Å². The molecule has 0 aliphatic rings. The van der Waals surface area contributed by atoms with E-state index in [9.17, 15) is 4.79 Å². The minimum absolute atomic E-state index is 0.291. The van der Waals surface area contributed by atoms with Gasteiger partial charge in [-0.2, -0.15) is 0 Å². The molecule has 140 valence electrons. The van der Waals surface area contributed by atoms with E-state index >= 15 is 0 Å². The van der Waals surface area contributed by atoms with E-state index in [-0.39, 0.29) is 5.91 Å². The van der Waals surface area contributed by atoms with E-state index in [0.29, 0.717) is 41.7 Å². The summed E-state index contributed by atoms with van der Waals surface area (Å²) in [7, 11) is 6.09. The van der Waals surface area contributed by atoms with Gasteiger partial charge in [-0.25, -0.2) is 0 Å². The van der Waals surface area contributed by atoms with Gasteiger partial charge in [0.25, 0.3) is 5.91 Å². The Morgan fingerprint density at radius 2 is 1.46 bits per heavy atom. The predicted molar refractivity (Wildman–Crippen MR) is 96.9 cm³/mol. The summed E-state index contributed by atoms with van der Waals surface area (Å²) in [5.74, 6) is 2.34. The van der Waals surface area contributed by atoms with Crippen molar-refractivity contribution in [1.82, 2.24) is 5.32 Å². The third-order valence-corrected chi connectivity index (χ3v) is 3.66. The molecule has 7 heteroatoms. The van der Waals surface area contributed by atoms with Crippen molar-refractivity contribution in [3.05, 3.63) is 42.0 Å². The summed E-state index contributed by atoms with van der Waals surface area (Å²) in [6.07, 6.45) is 0. The van der Waals surface area contributed by atoms with Crippen molar-refractivity contribution >= 4 is 5.91 Å². The molecule has 0 unspecified atom stereocenters. The fraction of sp³-hybridized carbons (Fsp3) is 0.316. The minimum Gasteiger partial charge on any atom is -0.497 e. The molecule has 0 saturated heterocycles. The zero-order chi connectivity index (χ0) is 18.9. The molecule has 0 fully saturated rings. The maximum Gasteiger partial charge on any atom is 0.255 e. The first-order valence-electron chi connectivity index (χ1n) is 7.98. The summed E-state index contributed by atoms with van der Waals surface area (Å²) < 4.78 is 26.5. The van der Waals surface area contributed by atoms with Crippen molar-refractivity contribution in [3.8, 4) is 28.7 Å². The third-order valence-electron chi connectivity index (χ3n) is 3.66. The van der Waals surface area contributed by atoms with Crippen LogP contribution in [0.3, 0.4) is 0 Å². The SMILES string of the molecule is COc1ccc(OCCNC(=O)c2ccc(OC)c(OC)c2OC)cc1. The molecule has 0 aromatic heterocycles. The second-order valence-electron chi connectivity index (χ2n) is 5.16. The molecule has 0 radical (unpaired) electrons. The van der Waals surface area contributed by atoms with Crippen molar-refractivity contribution in [2.24, 2.45) is 0 Å². The highest BCUT2D eigenvalue weighted by Crippen LogP contribution is 2.39. The number of carbonyl (C=O) groups excluding carboxylic acids is 1. The van der Waals surface area contributed by atoms with Gasteiger partial charge in [-0.3, -0.25) is 4.79 Å². The van der Waals surface area contributed by atoms with E-state index in [1.165, 1.54) is 21.3 Å². The lowest BCUT2D eigenvalue weighted by molar-refractivity contribution is 0.0943. The molecule has 0 aliphatic heterocycles. The summed E-state index contributed by atoms with van der Waals surface area (Å²) in [6, 6.07) is 10.5. The van der Waals surface area contributed by atoms with Crippen LogP contribution in [-0.2, 0) is 0 Å². The molecule has 1 N–H and O–H groups in total. The average molecular weight is 361 g/mol. The second kappa shape index (κ2) is 9.41. The van der Waals surface area contributed by atoms with Crippen molar-refractivity contribution in [3.63, 3.8) is 0 Å². The molecule has 0 bridgehead atoms. The molecule has 7 nitrogen and oxygen atoms in total. The fourth-order valence-electron chi connectivity index (χ4n) is 2.38. The number of ether oxygens (including phenoxy) is 5. The largest absolute Gasteiger partial charge is 0.497 e. The number of rotatable bonds is 9. The molecule has 0 aliphatic carbocycles. The zero-order valence-corrected chi connectivity index (χ0v) is 15.3. The van der Waals surface area contributed by atoms with Crippen LogP contribution in [0.4, 0.5) is 0 Å². The topological polar surface area (TPSA) is 75.3 Å². The van der Waals surface area contributed by atoms with Gasteiger partial charge in [-0.1, -0.05) is 0 Å². The summed E-state index contributed by atoms with van der Waals surface area (Å²) in [5.41, 5.74) is 0.356. The van der Waals surface area contributed by atoms with E-state index in [4.69, 9.17) is 23.7 Å². The second-order valence-corrected chi connectivity index (χ2v) is 5.16. The van der Waals surface area contributed by atoms with Crippen molar-refractivity contribution in [1.29, 1.82) is 0 Å². The third kappa shape index (κ3) is 4.50. The van der Waals surface area contributed by atoms with E-state index < -0.39 is 0 Å². The number of hydrogen-bond donors (Lipinski definition) is 1. The van der Waals surface area contributed by atoms with Gasteiger partial charge in [-0.15, -0.1) is 0 Å². The number of amides is 1. The Kier molecular flexibility index (Phi) is 6.96. The van der Waals surface area contributed by atoms with Crippen LogP contribution in [0.15, 0.2) is 36.4 Å². The van der Waals surface area contributed by atoms with Crippen molar-refractivity contribution in [2.45, 2.75) is 0 Å². The van der Waals surface area contributed by atoms with Gasteiger partial charge in [0.05, 0.1) is 40.5 Å². The Morgan fingerprint density at radius 1 is 0.808 bits per heavy atom. The lowest BCUT2D eigenvalue weighted by Gasteiger charge is -2.15. The Hall–Kier alpha value is -3.09. The average Bonchev–Trinajstić information content (AvgIpc) is 2.70. The highest BCUT2D eigenvalue weighted by Gasteiger charge is 2.20. The number of nitrogens with one attached hydrogen (secondary N) is 1. The van der Waals surface area contributed by atoms with E-state index in [1.54, 1.807) is 31.4 Å². The number of benzene rings is 2. The molecule has 26 heavy (non-hydrogen) atoms. The molecule has 2 rings (SSSR count). The van der Waals surface area contributed by atoms with E-state index in [0.717, 1.165) is 5.75 Å². The van der Waals surface area contributed by atoms with Gasteiger partial charge < -0.3 is 29.0 Å². The number of carbonyl (C=O) groups is 1. The highest BCUT2D eigenvalue weighted by molar-refractivity contribution is 5.98. The van der Waals surface area contributed by atoms with Crippen LogP contribution in [0.2, 0.25) is 0 Å². The molecule has 0 atom stereocenters. The zero-order valence-electron chi connectivity index (χ0n) is 15.3. The van der Waals surface area contributed by atoms with Crippen LogP contribution in [0.5, 0.6) is 28.7 Å². The lowest BCUT2D eigenvalue weighted by atomic mass is 10.1. The first kappa shape index (κ1) is 19.2. The lowest BCUT2D eigenvalue weighted by Crippen LogP contribution is -2.28. The number of methoxy groups -OCH3 is 4. The predicted octanol–water partition coefficient (Wildman–Crippen LogP) is 2.53. The summed E-state index contributed by atoms with van der Waals surface area (Å²) in [6.45, 7) is 0.663. The normalized spacial score (nSPS) is 10.0. The van der Waals surface area contributed by atoms with Gasteiger partial charge in [0.1, 0.15) is 18.1 Å². The molecule has 0 saturated carbocycles. The van der Waals surface area contributed by atoms with Gasteiger partial charge in [0.15, 0.2) is 11.5 Å². The maximum absolute atomic E-state index is 12.4. The molecule has 0 heterocycles. The molecule has 1 amide bonds. The first-order valence-corrected chi connectivity index (χ1v) is 7.98. The Bertz CT molecular complexity index is 730. The van der Waals surface area contributed by atoms with Crippen LogP contribution < -0.4 is 29.0 Å². The standard InChI is InChI=1S/C19H23NO6/c1-22-13-5-7-14(8-6-13)26-12-11-20-19(21)15-9-10-16(23-2)18(25-4)17(15)24-3/h5-10H,11-12H2,1-4H3,(H,20,21). The Morgan fingerprint density at radius 3 is 2.04 bits per heavy atom. The van der Waals surface area contributed by atoms with Gasteiger partial charge in [0, 0.05) is 0 Å². The first-order chi connectivity index (χ1) is 12.6. The highest BCUT2D eigenvalue weighted by atomic mass is 16.5. The van der Waals surface area contributed by atoms with Crippen LogP contribution >= 0.6 is 0 Å². The van der Waals surface area contributed by atoms with Crippen molar-refractivity contribution < 1.29 is 28.5 Å². The monoisotopic (exact) mass is 361 g/mol. The van der Waals surface area contributed by atoms with Crippen LogP contribution in [0.1, 0.15) is 10.4 Å². The fourth-order valence-corrected chi connectivity index (χ4v) is 2.38. The van der Waals surface area contributed by atoms with E-state index in [2.05, 4.69) is 5.32 Å². The minimum atomic E-state index is -0.291. The van der Waals surface area contributed by atoms with Gasteiger partial charge in [0.2, 0.25) is 5.75 Å². The van der Waals surface area contributed by atoms with Crippen LogP contribution in [0, 0.1) is 0 Å². The molecular weight excluding hydrogens is 338 g/mol. The van der Waals surface area contributed by atoms with Crippen LogP contribution in [-0.4, -0.2) is 47.5 Å². The number of hydrogen-bond acceptors (Lipinski definition) is 6. The van der Waals surface area contributed by atoms with Gasteiger partial charge >= 0.3 is 0 Å². The summed E-state index contributed by atoms with van der Waals surface area (Å²) in [4.78, 5) is 12.4. The summed E-state index contributed by atoms with van der Waals surface area (Å²) >= 11 is 0. The maximum atomic E-state index is 12.4. The van der Waals surface area contributed by atoms with Gasteiger partial charge in [-0.05, 0) is 36.4 Å². The molecular formula is C19H23NO6.